The number of rotatable bonds is 6. The molecule has 0 saturated carbocycles. The van der Waals surface area contributed by atoms with Crippen molar-refractivity contribution in [3.05, 3.63) is 118 Å². The molecule has 5 rings (SSSR count). The van der Waals surface area contributed by atoms with Crippen molar-refractivity contribution in [2.45, 2.75) is 36.5 Å². The molecule has 0 radical (unpaired) electrons. The molecule has 2 aliphatic carbocycles. The third kappa shape index (κ3) is 4.19. The molecule has 3 unspecified atom stereocenters. The van der Waals surface area contributed by atoms with Crippen LogP contribution in [-0.4, -0.2) is 27.4 Å². The molecule has 0 fully saturated rings. The second-order valence-electron chi connectivity index (χ2n) is 8.74. The highest BCUT2D eigenvalue weighted by atomic mass is 32.2. The first-order valence-electron chi connectivity index (χ1n) is 11.4. The first-order valence-corrected chi connectivity index (χ1v) is 12.9. The van der Waals surface area contributed by atoms with E-state index in [4.69, 9.17) is 9.15 Å². The summed E-state index contributed by atoms with van der Waals surface area (Å²) in [5.41, 5.74) is 2.17. The fourth-order valence-corrected chi connectivity index (χ4v) is 6.59. The van der Waals surface area contributed by atoms with Crippen molar-refractivity contribution in [1.29, 1.82) is 0 Å². The van der Waals surface area contributed by atoms with Gasteiger partial charge < -0.3 is 9.15 Å². The summed E-state index contributed by atoms with van der Waals surface area (Å²) >= 11 is 0. The molecule has 0 spiro atoms. The maximum atomic E-state index is 13.9. The Morgan fingerprint density at radius 1 is 1.00 bits per heavy atom. The zero-order chi connectivity index (χ0) is 23.7. The zero-order valence-electron chi connectivity index (χ0n) is 18.9. The number of Topliss-reactive ketones (excluding diaryl/α,β-unsaturated/α-hetero) is 1. The highest BCUT2D eigenvalue weighted by Crippen LogP contribution is 2.41. The lowest BCUT2D eigenvalue weighted by Crippen LogP contribution is -2.18. The summed E-state index contributed by atoms with van der Waals surface area (Å²) in [4.78, 5) is 13.3. The molecule has 174 valence electrons. The van der Waals surface area contributed by atoms with E-state index >= 15 is 0 Å². The summed E-state index contributed by atoms with van der Waals surface area (Å²) in [5, 5.41) is -1.04. The first-order chi connectivity index (χ1) is 16.5. The normalized spacial score (nSPS) is 21.1. The van der Waals surface area contributed by atoms with Gasteiger partial charge in [-0.15, -0.1) is 0 Å². The number of ketones is 1. The lowest BCUT2D eigenvalue weighted by Gasteiger charge is -2.21. The number of hydrogen-bond donors (Lipinski definition) is 0. The number of allylic oxidation sites excluding steroid dienone is 1. The monoisotopic (exact) mass is 474 g/mol. The van der Waals surface area contributed by atoms with E-state index in [1.807, 2.05) is 48.5 Å². The Labute approximate surface area is 199 Å². The summed E-state index contributed by atoms with van der Waals surface area (Å²) < 4.78 is 39.2. The van der Waals surface area contributed by atoms with Crippen molar-refractivity contribution in [2.75, 3.05) is 7.11 Å². The van der Waals surface area contributed by atoms with Gasteiger partial charge in [-0.05, 0) is 35.6 Å². The fourth-order valence-electron chi connectivity index (χ4n) is 4.78. The Hall–Kier alpha value is -3.22. The topological polar surface area (TPSA) is 73.6 Å². The Morgan fingerprint density at radius 2 is 1.71 bits per heavy atom. The number of carbonyl (C=O) groups excluding carboxylic acids is 1. The average Bonchev–Trinajstić information content (AvgIpc) is 3.29. The molecule has 2 aromatic carbocycles. The molecule has 1 heterocycles. The Kier molecular flexibility index (Phi) is 6.11. The molecule has 1 aromatic heterocycles. The predicted octanol–water partition coefficient (Wildman–Crippen LogP) is 5.56. The van der Waals surface area contributed by atoms with E-state index in [2.05, 4.69) is 0 Å². The van der Waals surface area contributed by atoms with Crippen molar-refractivity contribution in [3.8, 4) is 0 Å². The van der Waals surface area contributed by atoms with Gasteiger partial charge in [-0.25, -0.2) is 8.42 Å². The second kappa shape index (κ2) is 9.20. The molecule has 3 aromatic rings. The largest absolute Gasteiger partial charge is 0.464 e. The van der Waals surface area contributed by atoms with Crippen LogP contribution in [0.1, 0.15) is 57.0 Å². The molecular formula is C28H26O5S. The van der Waals surface area contributed by atoms with Gasteiger partial charge in [-0.1, -0.05) is 72.8 Å². The second-order valence-corrected chi connectivity index (χ2v) is 10.8. The minimum atomic E-state index is -3.83. The lowest BCUT2D eigenvalue weighted by atomic mass is 9.83. The van der Waals surface area contributed by atoms with Crippen molar-refractivity contribution in [3.63, 3.8) is 0 Å². The van der Waals surface area contributed by atoms with E-state index in [9.17, 15) is 13.2 Å². The minimum absolute atomic E-state index is 0.0157. The third-order valence-electron chi connectivity index (χ3n) is 6.59. The third-order valence-corrected chi connectivity index (χ3v) is 8.68. The highest BCUT2D eigenvalue weighted by Gasteiger charge is 2.38. The summed E-state index contributed by atoms with van der Waals surface area (Å²) in [6.45, 7) is 0. The number of sulfone groups is 1. The van der Waals surface area contributed by atoms with Gasteiger partial charge in [-0.2, -0.15) is 0 Å². The summed E-state index contributed by atoms with van der Waals surface area (Å²) in [7, 11) is -2.23. The van der Waals surface area contributed by atoms with Crippen LogP contribution in [0.25, 0.3) is 0 Å². The van der Waals surface area contributed by atoms with Crippen molar-refractivity contribution < 1.29 is 22.4 Å². The number of benzene rings is 2. The standard InChI is InChI=1S/C28H26O5S/c1-32-22-12-14-23(15-13-22)34(30,31)28(20-10-6-3-7-11-20)27-18-24-25(29)16-21(17-26(24)33-27)19-8-4-2-5-9-19/h2-12,14-15,18,21-22,28H,13,16-17H2,1H3. The Bertz CT molecular complexity index is 1350. The number of furan rings is 1. The molecule has 0 N–H and O–H groups in total. The van der Waals surface area contributed by atoms with Crippen LogP contribution in [0.2, 0.25) is 0 Å². The van der Waals surface area contributed by atoms with E-state index in [1.165, 1.54) is 0 Å². The van der Waals surface area contributed by atoms with Crippen LogP contribution in [0, 0.1) is 0 Å². The fraction of sp³-hybridized carbons (Fsp3) is 0.250. The molecule has 5 nitrogen and oxygen atoms in total. The van der Waals surface area contributed by atoms with Gasteiger partial charge in [0.15, 0.2) is 15.6 Å². The van der Waals surface area contributed by atoms with Gasteiger partial charge in [0.25, 0.3) is 0 Å². The molecule has 6 heteroatoms. The van der Waals surface area contributed by atoms with Crippen LogP contribution < -0.4 is 0 Å². The van der Waals surface area contributed by atoms with E-state index in [0.717, 1.165) is 5.56 Å². The SMILES string of the molecule is COC1C=CC(S(=O)(=O)C(c2ccccc2)c2cc3c(o2)CC(c2ccccc2)CC3=O)=CC1. The molecule has 0 amide bonds. The molecule has 3 atom stereocenters. The van der Waals surface area contributed by atoms with Crippen LogP contribution in [0.5, 0.6) is 0 Å². The summed E-state index contributed by atoms with van der Waals surface area (Å²) in [6.07, 6.45) is 6.33. The number of fused-ring (bicyclic) bond motifs is 1. The van der Waals surface area contributed by atoms with Gasteiger partial charge in [-0.3, -0.25) is 4.79 Å². The summed E-state index contributed by atoms with van der Waals surface area (Å²) in [6, 6.07) is 20.6. The van der Waals surface area contributed by atoms with Crippen LogP contribution in [-0.2, 0) is 21.0 Å². The average molecular weight is 475 g/mol. The van der Waals surface area contributed by atoms with Crippen LogP contribution >= 0.6 is 0 Å². The molecule has 2 aliphatic rings. The van der Waals surface area contributed by atoms with Crippen LogP contribution in [0.15, 0.2) is 94.3 Å². The van der Waals surface area contributed by atoms with Gasteiger partial charge in [0, 0.05) is 20.0 Å². The molecular weight excluding hydrogens is 448 g/mol. The maximum Gasteiger partial charge on any atom is 0.192 e. The van der Waals surface area contributed by atoms with Crippen molar-refractivity contribution >= 4 is 15.6 Å². The first kappa shape index (κ1) is 22.6. The maximum absolute atomic E-state index is 13.9. The Morgan fingerprint density at radius 3 is 2.35 bits per heavy atom. The van der Waals surface area contributed by atoms with E-state index in [0.29, 0.717) is 36.1 Å². The van der Waals surface area contributed by atoms with Crippen molar-refractivity contribution in [1.82, 2.24) is 0 Å². The number of carbonyl (C=O) groups is 1. The van der Waals surface area contributed by atoms with Crippen LogP contribution in [0.3, 0.4) is 0 Å². The van der Waals surface area contributed by atoms with Gasteiger partial charge in [0.2, 0.25) is 0 Å². The van der Waals surface area contributed by atoms with E-state index in [1.54, 1.807) is 43.5 Å². The molecule has 34 heavy (non-hydrogen) atoms. The van der Waals surface area contributed by atoms with Crippen molar-refractivity contribution in [2.24, 2.45) is 0 Å². The lowest BCUT2D eigenvalue weighted by molar-refractivity contribution is 0.0960. The Balaban J connectivity index is 1.55. The van der Waals surface area contributed by atoms with Crippen LogP contribution in [0.4, 0.5) is 0 Å². The number of methoxy groups -OCH3 is 1. The van der Waals surface area contributed by atoms with Gasteiger partial charge >= 0.3 is 0 Å². The molecule has 0 bridgehead atoms. The smallest absolute Gasteiger partial charge is 0.192 e. The summed E-state index contributed by atoms with van der Waals surface area (Å²) in [5.74, 6) is 0.834. The molecule has 0 aliphatic heterocycles. The minimum Gasteiger partial charge on any atom is -0.464 e. The zero-order valence-corrected chi connectivity index (χ0v) is 19.7. The van der Waals surface area contributed by atoms with E-state index < -0.39 is 15.1 Å². The van der Waals surface area contributed by atoms with Gasteiger partial charge in [0.1, 0.15) is 16.8 Å². The predicted molar refractivity (Wildman–Crippen MR) is 130 cm³/mol. The molecule has 0 saturated heterocycles. The number of hydrogen-bond acceptors (Lipinski definition) is 5. The number of ether oxygens (including phenoxy) is 1. The van der Waals surface area contributed by atoms with Gasteiger partial charge in [0.05, 0.1) is 16.6 Å². The van der Waals surface area contributed by atoms with E-state index in [-0.39, 0.29) is 28.5 Å². The quantitative estimate of drug-likeness (QED) is 0.468. The highest BCUT2D eigenvalue weighted by molar-refractivity contribution is 7.95.